The summed E-state index contributed by atoms with van der Waals surface area (Å²) in [6.45, 7) is 16.9. The van der Waals surface area contributed by atoms with Gasteiger partial charge in [0, 0.05) is 17.3 Å². The number of nitriles is 1. The minimum absolute atomic E-state index is 0.0393. The maximum atomic E-state index is 13.4. The predicted molar refractivity (Wildman–Crippen MR) is 162 cm³/mol. The molecule has 8 heteroatoms. The Hall–Kier alpha value is -2.17. The summed E-state index contributed by atoms with van der Waals surface area (Å²) in [5.74, 6) is -0.837. The zero-order valence-electron chi connectivity index (χ0n) is 27.8. The van der Waals surface area contributed by atoms with Gasteiger partial charge in [0.1, 0.15) is 18.4 Å². The van der Waals surface area contributed by atoms with Crippen LogP contribution < -0.4 is 5.32 Å². The van der Waals surface area contributed by atoms with Crippen LogP contribution in [0.2, 0.25) is 0 Å². The van der Waals surface area contributed by atoms with Crippen molar-refractivity contribution in [3.05, 3.63) is 11.6 Å². The second-order valence-corrected chi connectivity index (χ2v) is 16.5. The Balaban J connectivity index is 2.12. The van der Waals surface area contributed by atoms with Crippen molar-refractivity contribution < 1.29 is 27.6 Å². The lowest BCUT2D eigenvalue weighted by Crippen LogP contribution is -2.60. The number of carbonyl (C=O) groups excluding carboxylic acids is 3. The average Bonchev–Trinajstić information content (AvgIpc) is 2.88. The Morgan fingerprint density at radius 2 is 1.56 bits per heavy atom. The highest BCUT2D eigenvalue weighted by atomic mass is 19.4. The molecule has 5 nitrogen and oxygen atoms in total. The number of ketones is 2. The number of rotatable bonds is 5. The third kappa shape index (κ3) is 6.76. The van der Waals surface area contributed by atoms with Crippen LogP contribution in [0.4, 0.5) is 13.2 Å². The van der Waals surface area contributed by atoms with E-state index in [4.69, 9.17) is 0 Å². The molecule has 1 amide bonds. The van der Waals surface area contributed by atoms with Crippen LogP contribution in [-0.4, -0.2) is 30.2 Å². The van der Waals surface area contributed by atoms with E-state index in [1.54, 1.807) is 6.92 Å². The molecule has 3 aliphatic carbocycles. The molecule has 0 aromatic rings. The summed E-state index contributed by atoms with van der Waals surface area (Å²) >= 11 is 0. The maximum absolute atomic E-state index is 13.4. The molecule has 6 atom stereocenters. The Labute approximate surface area is 256 Å². The van der Waals surface area contributed by atoms with Gasteiger partial charge in [0.25, 0.3) is 0 Å². The second-order valence-electron chi connectivity index (χ2n) is 16.5. The number of hydrogen-bond donors (Lipinski definition) is 1. The first-order valence-electron chi connectivity index (χ1n) is 16.0. The van der Waals surface area contributed by atoms with Gasteiger partial charge < -0.3 is 10.1 Å². The number of hydrogen-bond acceptors (Lipinski definition) is 4. The highest BCUT2D eigenvalue weighted by molar-refractivity contribution is 6.04. The smallest absolute Gasteiger partial charge is 0.347 e. The average molecular weight is 607 g/mol. The van der Waals surface area contributed by atoms with Crippen molar-refractivity contribution in [3.63, 3.8) is 0 Å². The lowest BCUT2D eigenvalue weighted by molar-refractivity contribution is -0.161. The van der Waals surface area contributed by atoms with Gasteiger partial charge in [-0.3, -0.25) is 9.59 Å². The van der Waals surface area contributed by atoms with Crippen molar-refractivity contribution in [2.75, 3.05) is 6.54 Å². The molecular formula is C35H53F3N2O3. The Bertz CT molecular complexity index is 1200. The second kappa shape index (κ2) is 11.6. The standard InChI is InChI=1S/C35H53F3N2O3/c1-23(41)19-26-33(8)20-24(21-39)27(42)30(4,5)25(33)11-14-34(26,9)32(7)13-10-12-29(2,3)15-16-31(6,17-18-32)28(43)40-22-35(36,37)38/h20,25-26H,10-19,22H2,1-9H3,(H,40,43)/t25?,26-,31+,32+,33+,34-/m1/s1. The number of nitrogens with zero attached hydrogens (tertiary/aromatic N) is 1. The largest absolute Gasteiger partial charge is 0.405 e. The molecule has 3 rings (SSSR count). The molecule has 43 heavy (non-hydrogen) atoms. The first-order chi connectivity index (χ1) is 19.5. The number of halogens is 3. The summed E-state index contributed by atoms with van der Waals surface area (Å²) in [7, 11) is 0. The van der Waals surface area contributed by atoms with Crippen molar-refractivity contribution in [2.24, 2.45) is 44.3 Å². The molecule has 2 fully saturated rings. The Morgan fingerprint density at radius 1 is 0.953 bits per heavy atom. The van der Waals surface area contributed by atoms with Crippen LogP contribution in [0.25, 0.3) is 0 Å². The molecule has 2 saturated carbocycles. The summed E-state index contributed by atoms with van der Waals surface area (Å²) in [5.41, 5.74) is -2.94. The molecular weight excluding hydrogens is 553 g/mol. The molecule has 1 unspecified atom stereocenters. The minimum Gasteiger partial charge on any atom is -0.347 e. The monoisotopic (exact) mass is 606 g/mol. The van der Waals surface area contributed by atoms with Crippen molar-refractivity contribution in [2.45, 2.75) is 133 Å². The van der Waals surface area contributed by atoms with Crippen LogP contribution in [0, 0.1) is 55.7 Å². The molecule has 0 bridgehead atoms. The van der Waals surface area contributed by atoms with Gasteiger partial charge in [-0.1, -0.05) is 67.9 Å². The first-order valence-corrected chi connectivity index (χ1v) is 16.0. The quantitative estimate of drug-likeness (QED) is 0.340. The molecule has 0 heterocycles. The number of fused-ring (bicyclic) bond motifs is 1. The fourth-order valence-corrected chi connectivity index (χ4v) is 9.31. The molecule has 1 N–H and O–H groups in total. The molecule has 3 aliphatic rings. The summed E-state index contributed by atoms with van der Waals surface area (Å²) < 4.78 is 39.2. The number of allylic oxidation sites excluding steroid dienone is 2. The summed E-state index contributed by atoms with van der Waals surface area (Å²) in [6.07, 6.45) is 4.30. The molecule has 242 valence electrons. The number of alkyl halides is 3. The van der Waals surface area contributed by atoms with E-state index in [9.17, 15) is 32.8 Å². The Morgan fingerprint density at radius 3 is 2.12 bits per heavy atom. The van der Waals surface area contributed by atoms with E-state index in [-0.39, 0.29) is 45.2 Å². The Kier molecular flexibility index (Phi) is 9.56. The summed E-state index contributed by atoms with van der Waals surface area (Å²) in [5, 5.41) is 12.1. The van der Waals surface area contributed by atoms with Gasteiger partial charge in [-0.05, 0) is 91.8 Å². The van der Waals surface area contributed by atoms with Crippen LogP contribution in [0.3, 0.4) is 0 Å². The van der Waals surface area contributed by atoms with Gasteiger partial charge in [-0.2, -0.15) is 18.4 Å². The van der Waals surface area contributed by atoms with E-state index in [0.717, 1.165) is 38.5 Å². The van der Waals surface area contributed by atoms with Crippen LogP contribution in [-0.2, 0) is 14.4 Å². The molecule has 0 saturated heterocycles. The van der Waals surface area contributed by atoms with Crippen molar-refractivity contribution >= 4 is 17.5 Å². The van der Waals surface area contributed by atoms with Gasteiger partial charge in [-0.15, -0.1) is 0 Å². The van der Waals surface area contributed by atoms with E-state index in [1.807, 2.05) is 26.8 Å². The minimum atomic E-state index is -4.48. The first kappa shape index (κ1) is 35.3. The number of nitrogens with one attached hydrogen (secondary N) is 1. The lowest BCUT2D eigenvalue weighted by Gasteiger charge is -2.65. The van der Waals surface area contributed by atoms with Crippen molar-refractivity contribution in [3.8, 4) is 6.07 Å². The van der Waals surface area contributed by atoms with Crippen LogP contribution in [0.15, 0.2) is 11.6 Å². The van der Waals surface area contributed by atoms with Crippen LogP contribution in [0.1, 0.15) is 127 Å². The van der Waals surface area contributed by atoms with E-state index in [0.29, 0.717) is 25.7 Å². The zero-order chi connectivity index (χ0) is 32.9. The van der Waals surface area contributed by atoms with E-state index in [1.165, 1.54) is 0 Å². The molecule has 0 radical (unpaired) electrons. The highest BCUT2D eigenvalue weighted by Crippen LogP contribution is 2.69. The molecule has 0 spiro atoms. The van der Waals surface area contributed by atoms with Crippen LogP contribution >= 0.6 is 0 Å². The van der Waals surface area contributed by atoms with E-state index >= 15 is 0 Å². The SMILES string of the molecule is CC(=O)C[C@@H]1[C@@]2(C)C=C(C#N)C(=O)C(C)(C)C2CC[C@@]1(C)[C@@]1(C)CCCC(C)(C)CC[C@](C)(C(=O)NCC(F)(F)F)CC1. The molecule has 0 aromatic carbocycles. The normalized spacial score (nSPS) is 38.2. The predicted octanol–water partition coefficient (Wildman–Crippen LogP) is 8.52. The third-order valence-corrected chi connectivity index (χ3v) is 12.5. The number of carbonyl (C=O) groups is 3. The highest BCUT2D eigenvalue weighted by Gasteiger charge is 2.64. The topological polar surface area (TPSA) is 87.0 Å². The van der Waals surface area contributed by atoms with Crippen LogP contribution in [0.5, 0.6) is 0 Å². The lowest BCUT2D eigenvalue weighted by atomic mass is 9.38. The number of amides is 1. The van der Waals surface area contributed by atoms with E-state index in [2.05, 4.69) is 46.0 Å². The van der Waals surface area contributed by atoms with Gasteiger partial charge in [-0.25, -0.2) is 0 Å². The molecule has 0 aromatic heterocycles. The summed E-state index contributed by atoms with van der Waals surface area (Å²) in [6, 6.07) is 2.15. The number of Topliss-reactive ketones (excluding diaryl/α,β-unsaturated/α-hetero) is 2. The van der Waals surface area contributed by atoms with E-state index < -0.39 is 34.9 Å². The maximum Gasteiger partial charge on any atom is 0.405 e. The summed E-state index contributed by atoms with van der Waals surface area (Å²) in [4.78, 5) is 39.7. The zero-order valence-corrected chi connectivity index (χ0v) is 27.8. The van der Waals surface area contributed by atoms with Gasteiger partial charge >= 0.3 is 6.18 Å². The third-order valence-electron chi connectivity index (χ3n) is 12.5. The van der Waals surface area contributed by atoms with Gasteiger partial charge in [0.2, 0.25) is 5.91 Å². The fourth-order valence-electron chi connectivity index (χ4n) is 9.31. The van der Waals surface area contributed by atoms with Gasteiger partial charge in [0.15, 0.2) is 5.78 Å². The molecule has 0 aliphatic heterocycles. The van der Waals surface area contributed by atoms with Gasteiger partial charge in [0.05, 0.1) is 5.57 Å². The van der Waals surface area contributed by atoms with Crippen molar-refractivity contribution in [1.82, 2.24) is 5.32 Å². The fraction of sp³-hybridized carbons (Fsp3) is 0.829. The van der Waals surface area contributed by atoms with Crippen molar-refractivity contribution in [1.29, 1.82) is 5.26 Å².